The zero-order chi connectivity index (χ0) is 17.1. The van der Waals surface area contributed by atoms with E-state index in [4.69, 9.17) is 21.1 Å². The molecule has 6 heteroatoms. The predicted molar refractivity (Wildman–Crippen MR) is 89.8 cm³/mol. The van der Waals surface area contributed by atoms with E-state index in [1.54, 1.807) is 25.1 Å². The average molecular weight is 350 g/mol. The van der Waals surface area contributed by atoms with Crippen LogP contribution in [0.2, 0.25) is 5.02 Å². The molecule has 0 saturated carbocycles. The number of halogens is 2. The second kappa shape index (κ2) is 7.09. The highest BCUT2D eigenvalue weighted by Crippen LogP contribution is 2.40. The van der Waals surface area contributed by atoms with Gasteiger partial charge in [0.05, 0.1) is 6.61 Å². The fourth-order valence-electron chi connectivity index (χ4n) is 2.88. The highest BCUT2D eigenvalue weighted by molar-refractivity contribution is 6.30. The Balaban J connectivity index is 1.92. The van der Waals surface area contributed by atoms with Crippen LogP contribution in [-0.4, -0.2) is 19.0 Å². The third kappa shape index (κ3) is 3.62. The van der Waals surface area contributed by atoms with Gasteiger partial charge in [0.2, 0.25) is 0 Å². The molecule has 2 aromatic carbocycles. The first-order valence-electron chi connectivity index (χ1n) is 7.71. The Kier molecular flexibility index (Phi) is 4.90. The summed E-state index contributed by atoms with van der Waals surface area (Å²) in [5.41, 5.74) is 2.74. The molecule has 0 fully saturated rings. The maximum Gasteiger partial charge on any atom is 0.510 e. The van der Waals surface area contributed by atoms with Gasteiger partial charge in [-0.1, -0.05) is 23.7 Å². The van der Waals surface area contributed by atoms with Crippen molar-refractivity contribution in [2.24, 2.45) is 0 Å². The molecule has 0 aliphatic carbocycles. The molecule has 0 saturated heterocycles. The number of anilines is 1. The Bertz CT molecular complexity index is 736. The second-order valence-corrected chi connectivity index (χ2v) is 5.94. The van der Waals surface area contributed by atoms with E-state index in [0.29, 0.717) is 11.4 Å². The van der Waals surface area contributed by atoms with Gasteiger partial charge in [0.1, 0.15) is 5.82 Å². The number of ether oxygens (including phenoxy) is 2. The van der Waals surface area contributed by atoms with Gasteiger partial charge in [-0.05, 0) is 48.4 Å². The Hall–Kier alpha value is -2.27. The fraction of sp³-hybridized carbons (Fsp3) is 0.278. The molecular weight excluding hydrogens is 333 g/mol. The molecule has 0 radical (unpaired) electrons. The Morgan fingerprint density at radius 3 is 2.75 bits per heavy atom. The number of hydrogen-bond acceptors (Lipinski definition) is 4. The third-order valence-electron chi connectivity index (χ3n) is 3.93. The molecule has 2 unspecified atom stereocenters. The van der Waals surface area contributed by atoms with Gasteiger partial charge in [-0.15, -0.1) is 0 Å². The van der Waals surface area contributed by atoms with Crippen molar-refractivity contribution >= 4 is 23.4 Å². The summed E-state index contributed by atoms with van der Waals surface area (Å²) in [6.45, 7) is 1.97. The summed E-state index contributed by atoms with van der Waals surface area (Å²) in [4.78, 5) is 11.6. The lowest BCUT2D eigenvalue weighted by atomic mass is 9.84. The van der Waals surface area contributed by atoms with E-state index in [9.17, 15) is 9.18 Å². The van der Waals surface area contributed by atoms with Crippen molar-refractivity contribution in [1.82, 2.24) is 0 Å². The zero-order valence-electron chi connectivity index (χ0n) is 13.1. The van der Waals surface area contributed by atoms with Crippen LogP contribution in [0.3, 0.4) is 0 Å². The standard InChI is InChI=1S/C18H17ClFNO3/c1-2-23-18(22)24-17-10-14(11-3-6-13(20)7-4-11)15-9-12(19)5-8-16(15)21-17/h3-9,14,17,21H,2,10H2,1H3. The minimum Gasteiger partial charge on any atom is -0.435 e. The van der Waals surface area contributed by atoms with Gasteiger partial charge in [0, 0.05) is 23.0 Å². The SMILES string of the molecule is CCOC(=O)OC1CC(c2ccc(F)cc2)c2cc(Cl)ccc2N1. The van der Waals surface area contributed by atoms with Gasteiger partial charge in [0.15, 0.2) is 6.23 Å². The summed E-state index contributed by atoms with van der Waals surface area (Å²) in [6.07, 6.45) is -0.754. The van der Waals surface area contributed by atoms with Crippen molar-refractivity contribution in [2.75, 3.05) is 11.9 Å². The van der Waals surface area contributed by atoms with E-state index >= 15 is 0 Å². The normalized spacial score (nSPS) is 19.1. The van der Waals surface area contributed by atoms with Gasteiger partial charge in [-0.2, -0.15) is 0 Å². The molecule has 1 aliphatic heterocycles. The first-order chi connectivity index (χ1) is 11.6. The van der Waals surface area contributed by atoms with Crippen LogP contribution in [-0.2, 0) is 9.47 Å². The smallest absolute Gasteiger partial charge is 0.435 e. The molecule has 0 bridgehead atoms. The fourth-order valence-corrected chi connectivity index (χ4v) is 3.06. The molecule has 2 atom stereocenters. The number of nitrogens with one attached hydrogen (secondary N) is 1. The van der Waals surface area contributed by atoms with Crippen LogP contribution in [0.15, 0.2) is 42.5 Å². The monoisotopic (exact) mass is 349 g/mol. The van der Waals surface area contributed by atoms with Crippen LogP contribution < -0.4 is 5.32 Å². The highest BCUT2D eigenvalue weighted by atomic mass is 35.5. The van der Waals surface area contributed by atoms with Crippen molar-refractivity contribution in [2.45, 2.75) is 25.5 Å². The number of carbonyl (C=O) groups excluding carboxylic acids is 1. The van der Waals surface area contributed by atoms with Gasteiger partial charge >= 0.3 is 6.16 Å². The Labute approximate surface area is 144 Å². The van der Waals surface area contributed by atoms with Crippen LogP contribution in [0, 0.1) is 5.82 Å². The summed E-state index contributed by atoms with van der Waals surface area (Å²) in [6, 6.07) is 11.8. The molecule has 1 aliphatic rings. The lowest BCUT2D eigenvalue weighted by Gasteiger charge is -2.33. The number of carbonyl (C=O) groups is 1. The Morgan fingerprint density at radius 1 is 1.29 bits per heavy atom. The van der Waals surface area contributed by atoms with Gasteiger partial charge in [-0.25, -0.2) is 9.18 Å². The van der Waals surface area contributed by atoms with Crippen LogP contribution in [0.4, 0.5) is 14.9 Å². The van der Waals surface area contributed by atoms with E-state index in [2.05, 4.69) is 5.32 Å². The van der Waals surface area contributed by atoms with E-state index in [0.717, 1.165) is 16.8 Å². The largest absolute Gasteiger partial charge is 0.510 e. The second-order valence-electron chi connectivity index (χ2n) is 5.51. The predicted octanol–water partition coefficient (Wildman–Crippen LogP) is 4.93. The third-order valence-corrected chi connectivity index (χ3v) is 4.16. The number of fused-ring (bicyclic) bond motifs is 1. The van der Waals surface area contributed by atoms with Crippen LogP contribution in [0.5, 0.6) is 0 Å². The molecule has 2 aromatic rings. The number of hydrogen-bond donors (Lipinski definition) is 1. The van der Waals surface area contributed by atoms with Crippen molar-refractivity contribution in [3.63, 3.8) is 0 Å². The van der Waals surface area contributed by atoms with E-state index in [-0.39, 0.29) is 18.3 Å². The van der Waals surface area contributed by atoms with E-state index in [1.807, 2.05) is 12.1 Å². The van der Waals surface area contributed by atoms with Crippen LogP contribution in [0.1, 0.15) is 30.4 Å². The Morgan fingerprint density at radius 2 is 2.04 bits per heavy atom. The van der Waals surface area contributed by atoms with Crippen molar-refractivity contribution in [1.29, 1.82) is 0 Å². The van der Waals surface area contributed by atoms with Crippen LogP contribution in [0.25, 0.3) is 0 Å². The minimum atomic E-state index is -0.717. The lowest BCUT2D eigenvalue weighted by Crippen LogP contribution is -2.33. The van der Waals surface area contributed by atoms with Gasteiger partial charge in [-0.3, -0.25) is 0 Å². The molecule has 1 N–H and O–H groups in total. The van der Waals surface area contributed by atoms with Gasteiger partial charge < -0.3 is 14.8 Å². The minimum absolute atomic E-state index is 0.0695. The summed E-state index contributed by atoms with van der Waals surface area (Å²) in [5.74, 6) is -0.363. The number of rotatable bonds is 3. The summed E-state index contributed by atoms with van der Waals surface area (Å²) in [7, 11) is 0. The number of benzene rings is 2. The molecule has 4 nitrogen and oxygen atoms in total. The average Bonchev–Trinajstić information content (AvgIpc) is 2.55. The summed E-state index contributed by atoms with van der Waals surface area (Å²) >= 11 is 6.12. The maximum atomic E-state index is 13.2. The molecule has 0 amide bonds. The molecule has 0 spiro atoms. The zero-order valence-corrected chi connectivity index (χ0v) is 13.8. The molecule has 0 aromatic heterocycles. The molecule has 126 valence electrons. The van der Waals surface area contributed by atoms with E-state index < -0.39 is 12.4 Å². The van der Waals surface area contributed by atoms with Crippen molar-refractivity contribution in [3.05, 3.63) is 64.4 Å². The molecule has 3 rings (SSSR count). The van der Waals surface area contributed by atoms with Gasteiger partial charge in [0.25, 0.3) is 0 Å². The quantitative estimate of drug-likeness (QED) is 0.798. The lowest BCUT2D eigenvalue weighted by molar-refractivity contribution is 0.0301. The van der Waals surface area contributed by atoms with Crippen molar-refractivity contribution in [3.8, 4) is 0 Å². The van der Waals surface area contributed by atoms with Crippen molar-refractivity contribution < 1.29 is 18.7 Å². The molecular formula is C18H17ClFNO3. The summed E-state index contributed by atoms with van der Waals surface area (Å²) < 4.78 is 23.4. The highest BCUT2D eigenvalue weighted by Gasteiger charge is 2.30. The molecule has 24 heavy (non-hydrogen) atoms. The van der Waals surface area contributed by atoms with Crippen LogP contribution >= 0.6 is 11.6 Å². The first kappa shape index (κ1) is 16.6. The maximum absolute atomic E-state index is 13.2. The topological polar surface area (TPSA) is 47.6 Å². The summed E-state index contributed by atoms with van der Waals surface area (Å²) in [5, 5.41) is 3.79. The molecule has 1 heterocycles. The van der Waals surface area contributed by atoms with E-state index in [1.165, 1.54) is 12.1 Å². The first-order valence-corrected chi connectivity index (χ1v) is 8.09.